The van der Waals surface area contributed by atoms with E-state index in [1.54, 1.807) is 18.5 Å². The molecule has 0 aliphatic rings. The molecule has 0 aliphatic heterocycles. The third kappa shape index (κ3) is 3.61. The SMILES string of the molecule is C[C@@H](NC(=O)C(C)(C)c1cccc(Cl)c1)c1cccnc1. The van der Waals surface area contributed by atoms with Crippen LogP contribution in [-0.4, -0.2) is 10.9 Å². The van der Waals surface area contributed by atoms with Crippen LogP contribution in [-0.2, 0) is 10.2 Å². The summed E-state index contributed by atoms with van der Waals surface area (Å²) >= 11 is 6.02. The van der Waals surface area contributed by atoms with Gasteiger partial charge in [-0.2, -0.15) is 0 Å². The first kappa shape index (κ1) is 15.5. The third-order valence-corrected chi connectivity index (χ3v) is 3.88. The average molecular weight is 303 g/mol. The van der Waals surface area contributed by atoms with Crippen molar-refractivity contribution in [3.63, 3.8) is 0 Å². The van der Waals surface area contributed by atoms with Gasteiger partial charge >= 0.3 is 0 Å². The maximum Gasteiger partial charge on any atom is 0.230 e. The average Bonchev–Trinajstić information content (AvgIpc) is 2.48. The number of amides is 1. The van der Waals surface area contributed by atoms with E-state index in [-0.39, 0.29) is 11.9 Å². The first-order chi connectivity index (χ1) is 9.91. The molecule has 0 unspecified atom stereocenters. The van der Waals surface area contributed by atoms with E-state index in [2.05, 4.69) is 10.3 Å². The Morgan fingerprint density at radius 1 is 1.29 bits per heavy atom. The molecule has 1 heterocycles. The number of rotatable bonds is 4. The van der Waals surface area contributed by atoms with Gasteiger partial charge in [0.1, 0.15) is 0 Å². The maximum absolute atomic E-state index is 12.6. The standard InChI is InChI=1S/C17H19ClN2O/c1-12(13-6-5-9-19-11-13)20-16(21)17(2,3)14-7-4-8-15(18)10-14/h4-12H,1-3H3,(H,20,21)/t12-/m1/s1. The fourth-order valence-corrected chi connectivity index (χ4v) is 2.29. The Kier molecular flexibility index (Phi) is 4.63. The van der Waals surface area contributed by atoms with Gasteiger partial charge in [0, 0.05) is 17.4 Å². The fraction of sp³-hybridized carbons (Fsp3) is 0.294. The van der Waals surface area contributed by atoms with Crippen LogP contribution in [0.1, 0.15) is 37.9 Å². The number of benzene rings is 1. The van der Waals surface area contributed by atoms with Gasteiger partial charge in [0.2, 0.25) is 5.91 Å². The lowest BCUT2D eigenvalue weighted by Gasteiger charge is -2.26. The molecule has 0 fully saturated rings. The summed E-state index contributed by atoms with van der Waals surface area (Å²) in [5.74, 6) is -0.0406. The van der Waals surface area contributed by atoms with E-state index < -0.39 is 5.41 Å². The number of nitrogens with one attached hydrogen (secondary N) is 1. The Labute approximate surface area is 130 Å². The van der Waals surface area contributed by atoms with Crippen molar-refractivity contribution < 1.29 is 4.79 Å². The highest BCUT2D eigenvalue weighted by molar-refractivity contribution is 6.30. The summed E-state index contributed by atoms with van der Waals surface area (Å²) < 4.78 is 0. The van der Waals surface area contributed by atoms with Crippen molar-refractivity contribution in [2.45, 2.75) is 32.2 Å². The molecule has 0 aliphatic carbocycles. The summed E-state index contributed by atoms with van der Waals surface area (Å²) in [5.41, 5.74) is 1.22. The van der Waals surface area contributed by atoms with E-state index >= 15 is 0 Å². The van der Waals surface area contributed by atoms with Gasteiger partial charge in [-0.3, -0.25) is 9.78 Å². The number of pyridine rings is 1. The Hall–Kier alpha value is -1.87. The fourth-order valence-electron chi connectivity index (χ4n) is 2.10. The molecule has 1 amide bonds. The number of halogens is 1. The molecule has 1 N–H and O–H groups in total. The van der Waals surface area contributed by atoms with Crippen LogP contribution in [0.4, 0.5) is 0 Å². The molecular formula is C17H19ClN2O. The van der Waals surface area contributed by atoms with Crippen molar-refractivity contribution >= 4 is 17.5 Å². The molecule has 1 aromatic carbocycles. The first-order valence-electron chi connectivity index (χ1n) is 6.88. The van der Waals surface area contributed by atoms with Crippen LogP contribution in [0.5, 0.6) is 0 Å². The predicted octanol–water partition coefficient (Wildman–Crippen LogP) is 3.89. The molecule has 2 rings (SSSR count). The Morgan fingerprint density at radius 2 is 2.05 bits per heavy atom. The molecular weight excluding hydrogens is 284 g/mol. The van der Waals surface area contributed by atoms with Crippen molar-refractivity contribution in [2.24, 2.45) is 0 Å². The zero-order valence-electron chi connectivity index (χ0n) is 12.4. The van der Waals surface area contributed by atoms with Crippen LogP contribution < -0.4 is 5.32 Å². The van der Waals surface area contributed by atoms with Gasteiger partial charge in [-0.25, -0.2) is 0 Å². The van der Waals surface area contributed by atoms with Crippen LogP contribution in [0.2, 0.25) is 5.02 Å². The highest BCUT2D eigenvalue weighted by Gasteiger charge is 2.30. The normalized spacial score (nSPS) is 12.8. The molecule has 0 bridgehead atoms. The van der Waals surface area contributed by atoms with Crippen molar-refractivity contribution in [1.29, 1.82) is 0 Å². The zero-order valence-corrected chi connectivity index (χ0v) is 13.2. The lowest BCUT2D eigenvalue weighted by atomic mass is 9.83. The second-order valence-electron chi connectivity index (χ2n) is 5.62. The second kappa shape index (κ2) is 6.27. The van der Waals surface area contributed by atoms with E-state index in [9.17, 15) is 4.79 Å². The minimum atomic E-state index is -0.651. The number of carbonyl (C=O) groups excluding carboxylic acids is 1. The summed E-state index contributed by atoms with van der Waals surface area (Å²) in [7, 11) is 0. The first-order valence-corrected chi connectivity index (χ1v) is 7.26. The summed E-state index contributed by atoms with van der Waals surface area (Å²) in [4.78, 5) is 16.7. The molecule has 0 spiro atoms. The monoisotopic (exact) mass is 302 g/mol. The topological polar surface area (TPSA) is 42.0 Å². The van der Waals surface area contributed by atoms with E-state index in [0.717, 1.165) is 11.1 Å². The third-order valence-electron chi connectivity index (χ3n) is 3.65. The Balaban J connectivity index is 2.15. The van der Waals surface area contributed by atoms with Gasteiger partial charge in [-0.05, 0) is 50.1 Å². The molecule has 4 heteroatoms. The lowest BCUT2D eigenvalue weighted by molar-refractivity contribution is -0.126. The van der Waals surface area contributed by atoms with Crippen LogP contribution in [0, 0.1) is 0 Å². The van der Waals surface area contributed by atoms with Gasteiger partial charge in [0.05, 0.1) is 11.5 Å². The van der Waals surface area contributed by atoms with Gasteiger partial charge in [0.25, 0.3) is 0 Å². The largest absolute Gasteiger partial charge is 0.349 e. The molecule has 2 aromatic rings. The number of aromatic nitrogens is 1. The minimum Gasteiger partial charge on any atom is -0.349 e. The van der Waals surface area contributed by atoms with E-state index in [1.807, 2.05) is 51.1 Å². The Morgan fingerprint density at radius 3 is 2.67 bits per heavy atom. The molecule has 0 saturated carbocycles. The van der Waals surface area contributed by atoms with Crippen molar-refractivity contribution in [2.75, 3.05) is 0 Å². The minimum absolute atomic E-state index is 0.0406. The summed E-state index contributed by atoms with van der Waals surface area (Å²) in [6, 6.07) is 11.1. The molecule has 0 saturated heterocycles. The number of nitrogens with zero attached hydrogens (tertiary/aromatic N) is 1. The predicted molar refractivity (Wildman–Crippen MR) is 85.3 cm³/mol. The molecule has 21 heavy (non-hydrogen) atoms. The van der Waals surface area contributed by atoms with E-state index in [0.29, 0.717) is 5.02 Å². The summed E-state index contributed by atoms with van der Waals surface area (Å²) in [6.45, 7) is 5.73. The number of hydrogen-bond acceptors (Lipinski definition) is 2. The smallest absolute Gasteiger partial charge is 0.230 e. The molecule has 110 valence electrons. The number of carbonyl (C=O) groups is 1. The molecule has 1 aromatic heterocycles. The van der Waals surface area contributed by atoms with E-state index in [4.69, 9.17) is 11.6 Å². The highest BCUT2D eigenvalue weighted by Crippen LogP contribution is 2.26. The Bertz CT molecular complexity index is 626. The van der Waals surface area contributed by atoms with E-state index in [1.165, 1.54) is 0 Å². The van der Waals surface area contributed by atoms with Crippen LogP contribution in [0.3, 0.4) is 0 Å². The molecule has 0 radical (unpaired) electrons. The van der Waals surface area contributed by atoms with Crippen molar-refractivity contribution in [3.8, 4) is 0 Å². The lowest BCUT2D eigenvalue weighted by Crippen LogP contribution is -2.41. The van der Waals surface area contributed by atoms with Crippen molar-refractivity contribution in [3.05, 3.63) is 64.9 Å². The summed E-state index contributed by atoms with van der Waals surface area (Å²) in [5, 5.41) is 3.67. The van der Waals surface area contributed by atoms with Crippen LogP contribution >= 0.6 is 11.6 Å². The second-order valence-corrected chi connectivity index (χ2v) is 6.05. The quantitative estimate of drug-likeness (QED) is 0.931. The van der Waals surface area contributed by atoms with Gasteiger partial charge in [0.15, 0.2) is 0 Å². The van der Waals surface area contributed by atoms with Gasteiger partial charge < -0.3 is 5.32 Å². The zero-order chi connectivity index (χ0) is 15.5. The summed E-state index contributed by atoms with van der Waals surface area (Å²) in [6.07, 6.45) is 3.48. The maximum atomic E-state index is 12.6. The van der Waals surface area contributed by atoms with Gasteiger partial charge in [-0.15, -0.1) is 0 Å². The molecule has 1 atom stereocenters. The van der Waals surface area contributed by atoms with Gasteiger partial charge in [-0.1, -0.05) is 29.8 Å². The number of hydrogen-bond donors (Lipinski definition) is 1. The van der Waals surface area contributed by atoms with Crippen LogP contribution in [0.25, 0.3) is 0 Å². The molecule has 3 nitrogen and oxygen atoms in total. The highest BCUT2D eigenvalue weighted by atomic mass is 35.5. The van der Waals surface area contributed by atoms with Crippen molar-refractivity contribution in [1.82, 2.24) is 10.3 Å². The van der Waals surface area contributed by atoms with Crippen LogP contribution in [0.15, 0.2) is 48.8 Å².